The Balaban J connectivity index is 1.82. The fourth-order valence-electron chi connectivity index (χ4n) is 2.26. The van der Waals surface area contributed by atoms with Crippen molar-refractivity contribution in [1.29, 1.82) is 0 Å². The van der Waals surface area contributed by atoms with Crippen molar-refractivity contribution in [1.82, 2.24) is 10.3 Å². The number of aromatic nitrogens is 1. The molecule has 0 aliphatic heterocycles. The average molecular weight is 297 g/mol. The lowest BCUT2D eigenvalue weighted by atomic mass is 10.1. The second-order valence-electron chi connectivity index (χ2n) is 5.38. The number of carbonyl (C=O) groups is 2. The zero-order valence-electron chi connectivity index (χ0n) is 11.5. The normalized spacial score (nSPS) is 21.9. The summed E-state index contributed by atoms with van der Waals surface area (Å²) in [5.41, 5.74) is 0.956. The summed E-state index contributed by atoms with van der Waals surface area (Å²) in [5.74, 6) is -0.792. The number of rotatable bonds is 4. The molecule has 1 fully saturated rings. The molecule has 0 aromatic carbocycles. The highest BCUT2D eigenvalue weighted by Crippen LogP contribution is 2.26. The third-order valence-corrected chi connectivity index (χ3v) is 4.23. The molecule has 0 radical (unpaired) electrons. The highest BCUT2D eigenvalue weighted by atomic mass is 32.1. The van der Waals surface area contributed by atoms with E-state index in [2.05, 4.69) is 15.6 Å². The Kier molecular flexibility index (Phi) is 4.59. The fourth-order valence-corrected chi connectivity index (χ4v) is 3.13. The molecule has 0 saturated heterocycles. The van der Waals surface area contributed by atoms with Crippen LogP contribution in [0.1, 0.15) is 44.7 Å². The van der Waals surface area contributed by atoms with Crippen molar-refractivity contribution in [3.8, 4) is 0 Å². The SMILES string of the molecule is CC(C)c1csc(NC(=O)N[C@H]2CC[C@@H](C(=O)O)C2)n1. The molecular formula is C13H19N3O3S. The van der Waals surface area contributed by atoms with Crippen LogP contribution in [0, 0.1) is 5.92 Å². The molecule has 1 heterocycles. The summed E-state index contributed by atoms with van der Waals surface area (Å²) >= 11 is 1.39. The second-order valence-corrected chi connectivity index (χ2v) is 6.23. The molecule has 2 amide bonds. The van der Waals surface area contributed by atoms with Crippen molar-refractivity contribution in [2.45, 2.75) is 45.1 Å². The van der Waals surface area contributed by atoms with E-state index >= 15 is 0 Å². The average Bonchev–Trinajstić information content (AvgIpc) is 2.98. The van der Waals surface area contributed by atoms with Crippen LogP contribution < -0.4 is 10.6 Å². The zero-order chi connectivity index (χ0) is 14.7. The Morgan fingerprint density at radius 1 is 1.45 bits per heavy atom. The van der Waals surface area contributed by atoms with Crippen LogP contribution in [0.5, 0.6) is 0 Å². The molecule has 1 aromatic heterocycles. The van der Waals surface area contributed by atoms with Gasteiger partial charge in [-0.05, 0) is 25.2 Å². The first-order valence-corrected chi connectivity index (χ1v) is 7.59. The molecule has 2 atom stereocenters. The van der Waals surface area contributed by atoms with E-state index in [0.29, 0.717) is 30.3 Å². The van der Waals surface area contributed by atoms with Crippen molar-refractivity contribution in [3.05, 3.63) is 11.1 Å². The lowest BCUT2D eigenvalue weighted by molar-refractivity contribution is -0.141. The van der Waals surface area contributed by atoms with Gasteiger partial charge in [-0.15, -0.1) is 11.3 Å². The number of carboxylic acids is 1. The fraction of sp³-hybridized carbons (Fsp3) is 0.615. The molecule has 0 spiro atoms. The molecule has 0 unspecified atom stereocenters. The van der Waals surface area contributed by atoms with Crippen LogP contribution in [-0.2, 0) is 4.79 Å². The van der Waals surface area contributed by atoms with Gasteiger partial charge >= 0.3 is 12.0 Å². The van der Waals surface area contributed by atoms with Gasteiger partial charge in [0.2, 0.25) is 0 Å². The molecule has 20 heavy (non-hydrogen) atoms. The Bertz CT molecular complexity index is 501. The van der Waals surface area contributed by atoms with E-state index in [4.69, 9.17) is 5.11 Å². The number of aliphatic carboxylic acids is 1. The second kappa shape index (κ2) is 6.21. The van der Waals surface area contributed by atoms with Crippen LogP contribution in [0.3, 0.4) is 0 Å². The lowest BCUT2D eigenvalue weighted by Crippen LogP contribution is -2.36. The first-order chi connectivity index (χ1) is 9.45. The number of carbonyl (C=O) groups excluding carboxylic acids is 1. The zero-order valence-corrected chi connectivity index (χ0v) is 12.4. The maximum absolute atomic E-state index is 11.8. The number of hydrogen-bond donors (Lipinski definition) is 3. The maximum atomic E-state index is 11.8. The minimum atomic E-state index is -0.781. The maximum Gasteiger partial charge on any atom is 0.321 e. The molecule has 0 bridgehead atoms. The van der Waals surface area contributed by atoms with Gasteiger partial charge in [0.1, 0.15) is 0 Å². The van der Waals surface area contributed by atoms with E-state index in [1.807, 2.05) is 19.2 Å². The topological polar surface area (TPSA) is 91.3 Å². The van der Waals surface area contributed by atoms with Crippen molar-refractivity contribution >= 4 is 28.5 Å². The van der Waals surface area contributed by atoms with Crippen molar-refractivity contribution in [2.24, 2.45) is 5.92 Å². The molecule has 3 N–H and O–H groups in total. The van der Waals surface area contributed by atoms with Gasteiger partial charge in [-0.3, -0.25) is 10.1 Å². The molecular weight excluding hydrogens is 278 g/mol. The molecule has 1 aromatic rings. The minimum absolute atomic E-state index is 0.0689. The quantitative estimate of drug-likeness (QED) is 0.796. The van der Waals surface area contributed by atoms with Gasteiger partial charge in [0.05, 0.1) is 11.6 Å². The number of anilines is 1. The standard InChI is InChI=1S/C13H19N3O3S/c1-7(2)10-6-20-13(15-10)16-12(19)14-9-4-3-8(5-9)11(17)18/h6-9H,3-5H2,1-2H3,(H,17,18)(H2,14,15,16,19)/t8-,9+/m1/s1. The van der Waals surface area contributed by atoms with Gasteiger partial charge in [-0.25, -0.2) is 9.78 Å². The number of amides is 2. The summed E-state index contributed by atoms with van der Waals surface area (Å²) in [6.07, 6.45) is 1.83. The molecule has 1 aliphatic rings. The number of thiazole rings is 1. The summed E-state index contributed by atoms with van der Waals surface area (Å²) in [5, 5.41) is 16.9. The van der Waals surface area contributed by atoms with Crippen molar-refractivity contribution in [3.63, 3.8) is 0 Å². The summed E-state index contributed by atoms with van der Waals surface area (Å²) in [4.78, 5) is 27.0. The van der Waals surface area contributed by atoms with Gasteiger partial charge in [0.15, 0.2) is 5.13 Å². The Labute approximate surface area is 121 Å². The van der Waals surface area contributed by atoms with Crippen LogP contribution in [0.4, 0.5) is 9.93 Å². The van der Waals surface area contributed by atoms with E-state index < -0.39 is 5.97 Å². The number of urea groups is 1. The first-order valence-electron chi connectivity index (χ1n) is 6.71. The van der Waals surface area contributed by atoms with E-state index in [1.54, 1.807) is 0 Å². The van der Waals surface area contributed by atoms with Crippen LogP contribution >= 0.6 is 11.3 Å². The summed E-state index contributed by atoms with van der Waals surface area (Å²) in [6, 6.07) is -0.383. The molecule has 7 heteroatoms. The summed E-state index contributed by atoms with van der Waals surface area (Å²) in [7, 11) is 0. The summed E-state index contributed by atoms with van der Waals surface area (Å²) in [6.45, 7) is 4.09. The van der Waals surface area contributed by atoms with E-state index in [0.717, 1.165) is 5.69 Å². The first kappa shape index (κ1) is 14.8. The Morgan fingerprint density at radius 3 is 2.75 bits per heavy atom. The predicted octanol–water partition coefficient (Wildman–Crippen LogP) is 2.64. The Morgan fingerprint density at radius 2 is 2.20 bits per heavy atom. The van der Waals surface area contributed by atoms with E-state index in [9.17, 15) is 9.59 Å². The number of hydrogen-bond acceptors (Lipinski definition) is 4. The number of nitrogens with zero attached hydrogens (tertiary/aromatic N) is 1. The number of nitrogens with one attached hydrogen (secondary N) is 2. The Hall–Kier alpha value is -1.63. The molecule has 110 valence electrons. The summed E-state index contributed by atoms with van der Waals surface area (Å²) < 4.78 is 0. The van der Waals surface area contributed by atoms with Crippen molar-refractivity contribution < 1.29 is 14.7 Å². The highest BCUT2D eigenvalue weighted by Gasteiger charge is 2.30. The van der Waals surface area contributed by atoms with Gasteiger partial charge in [-0.2, -0.15) is 0 Å². The van der Waals surface area contributed by atoms with Crippen LogP contribution in [0.25, 0.3) is 0 Å². The molecule has 2 rings (SSSR count). The largest absolute Gasteiger partial charge is 0.481 e. The van der Waals surface area contributed by atoms with Gasteiger partial charge in [0, 0.05) is 11.4 Å². The smallest absolute Gasteiger partial charge is 0.321 e. The molecule has 6 nitrogen and oxygen atoms in total. The van der Waals surface area contributed by atoms with Crippen LogP contribution in [-0.4, -0.2) is 28.1 Å². The van der Waals surface area contributed by atoms with Gasteiger partial charge in [-0.1, -0.05) is 13.8 Å². The predicted molar refractivity (Wildman–Crippen MR) is 77.1 cm³/mol. The number of carboxylic acid groups (broad SMARTS) is 1. The highest BCUT2D eigenvalue weighted by molar-refractivity contribution is 7.13. The minimum Gasteiger partial charge on any atom is -0.481 e. The third kappa shape index (κ3) is 3.69. The van der Waals surface area contributed by atoms with E-state index in [-0.39, 0.29) is 18.0 Å². The van der Waals surface area contributed by atoms with E-state index in [1.165, 1.54) is 11.3 Å². The van der Waals surface area contributed by atoms with Crippen molar-refractivity contribution in [2.75, 3.05) is 5.32 Å². The van der Waals surface area contributed by atoms with Gasteiger partial charge < -0.3 is 10.4 Å². The van der Waals surface area contributed by atoms with Crippen LogP contribution in [0.2, 0.25) is 0 Å². The lowest BCUT2D eigenvalue weighted by Gasteiger charge is -2.12. The third-order valence-electron chi connectivity index (χ3n) is 3.45. The van der Waals surface area contributed by atoms with Gasteiger partial charge in [0.25, 0.3) is 0 Å². The monoisotopic (exact) mass is 297 g/mol. The molecule has 1 aliphatic carbocycles. The molecule has 1 saturated carbocycles. The van der Waals surface area contributed by atoms with Crippen LogP contribution in [0.15, 0.2) is 5.38 Å².